The zero-order chi connectivity index (χ0) is 21.2. The van der Waals surface area contributed by atoms with Gasteiger partial charge in [-0.15, -0.1) is 12.8 Å². The van der Waals surface area contributed by atoms with Crippen molar-refractivity contribution in [3.8, 4) is 5.69 Å². The molecule has 1 aliphatic carbocycles. The zero-order valence-corrected chi connectivity index (χ0v) is 18.7. The fourth-order valence-electron chi connectivity index (χ4n) is 3.56. The van der Waals surface area contributed by atoms with Crippen molar-refractivity contribution in [1.29, 1.82) is 0 Å². The Labute approximate surface area is 180 Å². The molecular formula is C24H34N4S. The molecule has 4 nitrogen and oxygen atoms in total. The Morgan fingerprint density at radius 3 is 2.31 bits per heavy atom. The van der Waals surface area contributed by atoms with Crippen molar-refractivity contribution in [3.63, 3.8) is 0 Å². The average molecular weight is 411 g/mol. The first kappa shape index (κ1) is 23.2. The van der Waals surface area contributed by atoms with Gasteiger partial charge in [-0.3, -0.25) is 5.14 Å². The molecule has 4 rings (SSSR count). The van der Waals surface area contributed by atoms with E-state index in [0.29, 0.717) is 5.92 Å². The Kier molecular flexibility index (Phi) is 9.45. The van der Waals surface area contributed by atoms with E-state index in [1.165, 1.54) is 53.5 Å². The third-order valence-electron chi connectivity index (χ3n) is 5.28. The van der Waals surface area contributed by atoms with Crippen molar-refractivity contribution >= 4 is 12.8 Å². The fraction of sp³-hybridized carbons (Fsp3) is 0.375. The van der Waals surface area contributed by atoms with E-state index in [1.54, 1.807) is 0 Å². The number of nitrogens with two attached hydrogens (primary N) is 2. The summed E-state index contributed by atoms with van der Waals surface area (Å²) in [4.78, 5) is 0. The molecule has 5 heteroatoms. The van der Waals surface area contributed by atoms with Gasteiger partial charge >= 0.3 is 0 Å². The summed E-state index contributed by atoms with van der Waals surface area (Å²) < 4.78 is 2.06. The molecule has 2 aromatic carbocycles. The van der Waals surface area contributed by atoms with E-state index in [-0.39, 0.29) is 0 Å². The Bertz CT molecular complexity index is 884. The molecule has 4 N–H and O–H groups in total. The van der Waals surface area contributed by atoms with Gasteiger partial charge in [0, 0.05) is 12.1 Å². The summed E-state index contributed by atoms with van der Waals surface area (Å²) in [6.07, 6.45) is 7.85. The normalized spacial score (nSPS) is 12.5. The van der Waals surface area contributed by atoms with Crippen molar-refractivity contribution in [3.05, 3.63) is 82.7 Å². The minimum atomic E-state index is 0.696. The van der Waals surface area contributed by atoms with Crippen LogP contribution in [-0.4, -0.2) is 16.8 Å². The van der Waals surface area contributed by atoms with E-state index in [4.69, 9.17) is 5.10 Å². The SMILES string of the molecule is CCc1ccc(Cc2ccccc2-n2ccc(C3CC3)n2)c(CC)c1.CN.NS. The van der Waals surface area contributed by atoms with Crippen molar-refractivity contribution in [1.82, 2.24) is 9.78 Å². The van der Waals surface area contributed by atoms with E-state index in [9.17, 15) is 0 Å². The first-order valence-corrected chi connectivity index (χ1v) is 10.9. The molecule has 0 amide bonds. The number of hydrogen-bond donors (Lipinski definition) is 3. The van der Waals surface area contributed by atoms with Crippen molar-refractivity contribution in [2.45, 2.75) is 51.9 Å². The molecule has 1 aliphatic rings. The van der Waals surface area contributed by atoms with Crippen LogP contribution in [0.2, 0.25) is 0 Å². The third-order valence-corrected chi connectivity index (χ3v) is 5.28. The maximum absolute atomic E-state index is 4.83. The first-order valence-electron chi connectivity index (χ1n) is 10.4. The summed E-state index contributed by atoms with van der Waals surface area (Å²) in [6.45, 7) is 4.47. The van der Waals surface area contributed by atoms with E-state index in [1.807, 2.05) is 0 Å². The van der Waals surface area contributed by atoms with Gasteiger partial charge in [-0.1, -0.05) is 50.2 Å². The Hall–Kier alpha value is -2.08. The summed E-state index contributed by atoms with van der Waals surface area (Å²) in [5.41, 5.74) is 12.6. The molecule has 0 unspecified atom stereocenters. The smallest absolute Gasteiger partial charge is 0.0680 e. The number of rotatable bonds is 6. The standard InChI is InChI=1S/C23H26N2.CH5N.H3NS/c1-3-17-9-10-20(18(4-2)15-17)16-21-7-5-6-8-23(21)25-14-13-22(24-25)19-11-12-19;2*1-2/h5-10,13-15,19H,3-4,11-12,16H2,1-2H3;2H2,1H3;2H,1H2. The van der Waals surface area contributed by atoms with E-state index in [0.717, 1.165) is 19.3 Å². The van der Waals surface area contributed by atoms with Gasteiger partial charge in [-0.2, -0.15) is 5.10 Å². The number of aryl methyl sites for hydroxylation is 2. The van der Waals surface area contributed by atoms with Crippen LogP contribution in [0.5, 0.6) is 0 Å². The Morgan fingerprint density at radius 2 is 1.66 bits per heavy atom. The predicted molar refractivity (Wildman–Crippen MR) is 127 cm³/mol. The van der Waals surface area contributed by atoms with Crippen LogP contribution in [0, 0.1) is 0 Å². The van der Waals surface area contributed by atoms with Crippen LogP contribution in [0.3, 0.4) is 0 Å². The fourth-order valence-corrected chi connectivity index (χ4v) is 3.56. The van der Waals surface area contributed by atoms with Crippen molar-refractivity contribution in [2.24, 2.45) is 10.9 Å². The molecule has 1 heterocycles. The highest BCUT2D eigenvalue weighted by Crippen LogP contribution is 2.39. The molecule has 0 saturated heterocycles. The average Bonchev–Trinajstić information content (AvgIpc) is 3.54. The molecule has 156 valence electrons. The highest BCUT2D eigenvalue weighted by molar-refractivity contribution is 7.77. The lowest BCUT2D eigenvalue weighted by atomic mass is 9.95. The summed E-state index contributed by atoms with van der Waals surface area (Å²) in [6, 6.07) is 17.8. The van der Waals surface area contributed by atoms with E-state index >= 15 is 0 Å². The molecule has 0 bridgehead atoms. The zero-order valence-electron chi connectivity index (χ0n) is 17.8. The van der Waals surface area contributed by atoms with Crippen LogP contribution >= 0.6 is 12.8 Å². The van der Waals surface area contributed by atoms with Gasteiger partial charge in [-0.25, -0.2) is 4.68 Å². The van der Waals surface area contributed by atoms with Crippen molar-refractivity contribution < 1.29 is 0 Å². The van der Waals surface area contributed by atoms with Gasteiger partial charge in [-0.05, 0) is 73.5 Å². The molecule has 0 spiro atoms. The van der Waals surface area contributed by atoms with Crippen molar-refractivity contribution in [2.75, 3.05) is 7.05 Å². The lowest BCUT2D eigenvalue weighted by molar-refractivity contribution is 0.827. The second kappa shape index (κ2) is 11.8. The maximum Gasteiger partial charge on any atom is 0.0680 e. The molecule has 3 aromatic rings. The minimum absolute atomic E-state index is 0.696. The highest BCUT2D eigenvalue weighted by Gasteiger charge is 2.26. The van der Waals surface area contributed by atoms with Crippen LogP contribution in [0.15, 0.2) is 54.7 Å². The van der Waals surface area contributed by atoms with E-state index < -0.39 is 0 Å². The van der Waals surface area contributed by atoms with Gasteiger partial charge in [0.25, 0.3) is 0 Å². The van der Waals surface area contributed by atoms with Gasteiger partial charge in [0.05, 0.1) is 11.4 Å². The van der Waals surface area contributed by atoms with Crippen LogP contribution in [-0.2, 0) is 19.3 Å². The molecule has 1 fully saturated rings. The van der Waals surface area contributed by atoms with Crippen LogP contribution in [0.1, 0.15) is 60.6 Å². The maximum atomic E-state index is 4.83. The van der Waals surface area contributed by atoms with Crippen LogP contribution < -0.4 is 10.9 Å². The van der Waals surface area contributed by atoms with Gasteiger partial charge in [0.2, 0.25) is 0 Å². The number of para-hydroxylation sites is 1. The number of hydrogen-bond acceptors (Lipinski definition) is 4. The number of nitrogens with zero attached hydrogens (tertiary/aromatic N) is 2. The number of thiol groups is 1. The molecule has 1 aromatic heterocycles. The van der Waals surface area contributed by atoms with Gasteiger partial charge < -0.3 is 5.73 Å². The summed E-state index contributed by atoms with van der Waals surface area (Å²) in [5.74, 6) is 0.696. The molecule has 0 aliphatic heterocycles. The summed E-state index contributed by atoms with van der Waals surface area (Å²) in [7, 11) is 1.50. The molecular weight excluding hydrogens is 376 g/mol. The second-order valence-electron chi connectivity index (χ2n) is 7.08. The Morgan fingerprint density at radius 1 is 0.931 bits per heavy atom. The lowest BCUT2D eigenvalue weighted by Crippen LogP contribution is -2.03. The summed E-state index contributed by atoms with van der Waals surface area (Å²) >= 11 is 3.03. The number of benzene rings is 2. The molecule has 1 saturated carbocycles. The van der Waals surface area contributed by atoms with Gasteiger partial charge in [0.15, 0.2) is 0 Å². The second-order valence-corrected chi connectivity index (χ2v) is 7.08. The predicted octanol–water partition coefficient (Wildman–Crippen LogP) is 4.83. The minimum Gasteiger partial charge on any atom is -0.333 e. The largest absolute Gasteiger partial charge is 0.333 e. The molecule has 0 radical (unpaired) electrons. The third kappa shape index (κ3) is 5.95. The van der Waals surface area contributed by atoms with Crippen LogP contribution in [0.4, 0.5) is 0 Å². The topological polar surface area (TPSA) is 69.9 Å². The van der Waals surface area contributed by atoms with E-state index in [2.05, 4.69) is 96.9 Å². The van der Waals surface area contributed by atoms with Crippen LogP contribution in [0.25, 0.3) is 5.69 Å². The Balaban J connectivity index is 0.000000707. The number of aromatic nitrogens is 2. The molecule has 29 heavy (non-hydrogen) atoms. The summed E-state index contributed by atoms with van der Waals surface area (Å²) in [5, 5.41) is 9.03. The lowest BCUT2D eigenvalue weighted by Gasteiger charge is -2.13. The van der Waals surface area contributed by atoms with Gasteiger partial charge in [0.1, 0.15) is 0 Å². The highest BCUT2D eigenvalue weighted by atomic mass is 32.1. The monoisotopic (exact) mass is 410 g/mol. The molecule has 0 atom stereocenters. The first-order chi connectivity index (χ1) is 14.3. The quantitative estimate of drug-likeness (QED) is 0.510.